The fraction of sp³-hybridized carbons (Fsp3) is 0.565. The van der Waals surface area contributed by atoms with Gasteiger partial charge in [0.2, 0.25) is 5.91 Å². The van der Waals surface area contributed by atoms with Crippen molar-refractivity contribution in [1.82, 2.24) is 19.9 Å². The van der Waals surface area contributed by atoms with Gasteiger partial charge in [-0.25, -0.2) is 9.97 Å². The second kappa shape index (κ2) is 6.78. The number of carbonyl (C=O) groups excluding carboxylic acids is 1. The van der Waals surface area contributed by atoms with Crippen LogP contribution in [0.4, 0.5) is 5.82 Å². The van der Waals surface area contributed by atoms with Crippen LogP contribution in [-0.4, -0.2) is 37.8 Å². The van der Waals surface area contributed by atoms with Crippen molar-refractivity contribution in [2.45, 2.75) is 77.4 Å². The summed E-state index contributed by atoms with van der Waals surface area (Å²) in [5, 5.41) is 3.64. The van der Waals surface area contributed by atoms with Crippen LogP contribution in [0.3, 0.4) is 0 Å². The summed E-state index contributed by atoms with van der Waals surface area (Å²) in [6, 6.07) is 4.78. The summed E-state index contributed by atoms with van der Waals surface area (Å²) in [7, 11) is 0. The first-order valence-corrected chi connectivity index (χ1v) is 10.8. The molecule has 1 aliphatic carbocycles. The van der Waals surface area contributed by atoms with Gasteiger partial charge in [-0.05, 0) is 43.2 Å². The van der Waals surface area contributed by atoms with Crippen LogP contribution >= 0.6 is 0 Å². The van der Waals surface area contributed by atoms with E-state index in [4.69, 9.17) is 9.97 Å². The third kappa shape index (κ3) is 3.61. The minimum atomic E-state index is -0.00635. The summed E-state index contributed by atoms with van der Waals surface area (Å²) < 4.78 is 0. The third-order valence-corrected chi connectivity index (χ3v) is 6.12. The minimum absolute atomic E-state index is 0.00635. The fourth-order valence-corrected chi connectivity index (χ4v) is 4.70. The monoisotopic (exact) mass is 391 g/mol. The smallest absolute Gasteiger partial charge is 0.223 e. The second-order valence-electron chi connectivity index (χ2n) is 9.90. The Kier molecular flexibility index (Phi) is 4.33. The summed E-state index contributed by atoms with van der Waals surface area (Å²) in [6.45, 7) is 6.40. The third-order valence-electron chi connectivity index (χ3n) is 6.12. The molecule has 0 radical (unpaired) electrons. The maximum absolute atomic E-state index is 13.2. The average molecular weight is 392 g/mol. The van der Waals surface area contributed by atoms with E-state index in [0.717, 1.165) is 47.7 Å². The molecule has 2 aromatic heterocycles. The highest BCUT2D eigenvalue weighted by Crippen LogP contribution is 2.47. The Morgan fingerprint density at radius 2 is 1.90 bits per heavy atom. The zero-order valence-corrected chi connectivity index (χ0v) is 17.5. The molecule has 2 fully saturated rings. The van der Waals surface area contributed by atoms with E-state index in [1.807, 2.05) is 12.1 Å². The van der Waals surface area contributed by atoms with Crippen molar-refractivity contribution in [3.05, 3.63) is 35.8 Å². The highest BCUT2D eigenvalue weighted by molar-refractivity contribution is 5.79. The molecule has 3 aliphatic rings. The molecule has 2 bridgehead atoms. The molecule has 2 unspecified atom stereocenters. The number of pyridine rings is 1. The summed E-state index contributed by atoms with van der Waals surface area (Å²) in [4.78, 5) is 29.3. The molecule has 6 heteroatoms. The number of rotatable bonds is 4. The van der Waals surface area contributed by atoms with Crippen LogP contribution in [0.15, 0.2) is 24.5 Å². The number of carbonyl (C=O) groups is 1. The molecule has 152 valence electrons. The molecular formula is C23H29N5O. The number of aromatic nitrogens is 3. The molecule has 2 aromatic rings. The number of nitrogens with one attached hydrogen (secondary N) is 1. The van der Waals surface area contributed by atoms with Crippen LogP contribution in [0.25, 0.3) is 11.4 Å². The van der Waals surface area contributed by atoms with Crippen molar-refractivity contribution in [2.24, 2.45) is 5.41 Å². The van der Waals surface area contributed by atoms with Crippen LogP contribution in [0.1, 0.15) is 70.2 Å². The van der Waals surface area contributed by atoms with Crippen molar-refractivity contribution in [3.63, 3.8) is 0 Å². The molecule has 6 nitrogen and oxygen atoms in total. The van der Waals surface area contributed by atoms with Crippen LogP contribution in [0.5, 0.6) is 0 Å². The highest BCUT2D eigenvalue weighted by atomic mass is 16.2. The van der Waals surface area contributed by atoms with Gasteiger partial charge in [0.15, 0.2) is 5.82 Å². The van der Waals surface area contributed by atoms with E-state index in [0.29, 0.717) is 12.5 Å². The summed E-state index contributed by atoms with van der Waals surface area (Å²) in [6.07, 6.45) is 9.38. The SMILES string of the molecule is CC(C)(C)CC(=O)N1C2CCC1c1c(nc(-c3ccncc3)nc1NC1CC1)C2. The number of nitrogens with zero attached hydrogens (tertiary/aromatic N) is 4. The average Bonchev–Trinajstić information content (AvgIpc) is 3.42. The van der Waals surface area contributed by atoms with Crippen LogP contribution < -0.4 is 5.32 Å². The number of fused-ring (bicyclic) bond motifs is 4. The van der Waals surface area contributed by atoms with Crippen molar-refractivity contribution in [3.8, 4) is 11.4 Å². The van der Waals surface area contributed by atoms with Gasteiger partial charge in [-0.15, -0.1) is 0 Å². The summed E-state index contributed by atoms with van der Waals surface area (Å²) >= 11 is 0. The first-order chi connectivity index (χ1) is 13.9. The van der Waals surface area contributed by atoms with Crippen molar-refractivity contribution in [1.29, 1.82) is 0 Å². The molecule has 5 rings (SSSR count). The van der Waals surface area contributed by atoms with Gasteiger partial charge in [-0.2, -0.15) is 0 Å². The Bertz CT molecular complexity index is 932. The van der Waals surface area contributed by atoms with Gasteiger partial charge in [0, 0.05) is 48.4 Å². The van der Waals surface area contributed by atoms with E-state index >= 15 is 0 Å². The molecule has 4 heterocycles. The Balaban J connectivity index is 1.55. The first-order valence-electron chi connectivity index (χ1n) is 10.8. The molecule has 1 saturated carbocycles. The van der Waals surface area contributed by atoms with Crippen molar-refractivity contribution < 1.29 is 4.79 Å². The minimum Gasteiger partial charge on any atom is -0.367 e. The molecule has 1 amide bonds. The summed E-state index contributed by atoms with van der Waals surface area (Å²) in [5.41, 5.74) is 3.25. The number of anilines is 1. The van der Waals surface area contributed by atoms with E-state index in [-0.39, 0.29) is 23.4 Å². The van der Waals surface area contributed by atoms with Gasteiger partial charge in [-0.3, -0.25) is 9.78 Å². The Labute approximate surface area is 172 Å². The molecular weight excluding hydrogens is 362 g/mol. The van der Waals surface area contributed by atoms with Gasteiger partial charge >= 0.3 is 0 Å². The standard InChI is InChI=1S/C23H29N5O/c1-23(2,3)13-19(29)28-16-6-7-18(28)20-17(12-16)26-21(14-8-10-24-11-9-14)27-22(20)25-15-4-5-15/h8-11,15-16,18H,4-7,12-13H2,1-3H3,(H,25,26,27). The lowest BCUT2D eigenvalue weighted by Crippen LogP contribution is -2.43. The van der Waals surface area contributed by atoms with Crippen LogP contribution in [0.2, 0.25) is 0 Å². The first kappa shape index (κ1) is 18.5. The summed E-state index contributed by atoms with van der Waals surface area (Å²) in [5.74, 6) is 1.96. The largest absolute Gasteiger partial charge is 0.367 e. The van der Waals surface area contributed by atoms with Crippen molar-refractivity contribution in [2.75, 3.05) is 5.32 Å². The normalized spacial score (nSPS) is 23.1. The molecule has 29 heavy (non-hydrogen) atoms. The molecule has 0 aromatic carbocycles. The predicted molar refractivity (Wildman–Crippen MR) is 112 cm³/mol. The van der Waals surface area contributed by atoms with Crippen LogP contribution in [-0.2, 0) is 11.2 Å². The molecule has 2 aliphatic heterocycles. The maximum Gasteiger partial charge on any atom is 0.223 e. The lowest BCUT2D eigenvalue weighted by Gasteiger charge is -2.38. The number of amides is 1. The van der Waals surface area contributed by atoms with E-state index in [2.05, 4.69) is 36.0 Å². The number of hydrogen-bond donors (Lipinski definition) is 1. The molecule has 1 N–H and O–H groups in total. The van der Waals surface area contributed by atoms with Gasteiger partial charge in [0.25, 0.3) is 0 Å². The van der Waals surface area contributed by atoms with E-state index in [9.17, 15) is 4.79 Å². The predicted octanol–water partition coefficient (Wildman–Crippen LogP) is 4.14. The molecule has 2 atom stereocenters. The fourth-order valence-electron chi connectivity index (χ4n) is 4.70. The van der Waals surface area contributed by atoms with Crippen LogP contribution in [0, 0.1) is 5.41 Å². The van der Waals surface area contributed by atoms with Gasteiger partial charge < -0.3 is 10.2 Å². The van der Waals surface area contributed by atoms with E-state index in [1.165, 1.54) is 12.8 Å². The zero-order valence-electron chi connectivity index (χ0n) is 17.5. The van der Waals surface area contributed by atoms with Gasteiger partial charge in [-0.1, -0.05) is 20.8 Å². The van der Waals surface area contributed by atoms with Gasteiger partial charge in [0.1, 0.15) is 5.82 Å². The molecule has 0 spiro atoms. The van der Waals surface area contributed by atoms with Crippen molar-refractivity contribution >= 4 is 11.7 Å². The lowest BCUT2D eigenvalue weighted by atomic mass is 9.89. The Morgan fingerprint density at radius 1 is 1.14 bits per heavy atom. The number of hydrogen-bond acceptors (Lipinski definition) is 5. The topological polar surface area (TPSA) is 71.0 Å². The quantitative estimate of drug-likeness (QED) is 0.848. The Hall–Kier alpha value is -2.50. The van der Waals surface area contributed by atoms with E-state index < -0.39 is 0 Å². The maximum atomic E-state index is 13.2. The second-order valence-corrected chi connectivity index (χ2v) is 9.90. The Morgan fingerprint density at radius 3 is 2.59 bits per heavy atom. The lowest BCUT2D eigenvalue weighted by molar-refractivity contribution is -0.136. The zero-order chi connectivity index (χ0) is 20.2. The van der Waals surface area contributed by atoms with E-state index in [1.54, 1.807) is 12.4 Å². The van der Waals surface area contributed by atoms with Gasteiger partial charge in [0.05, 0.1) is 11.7 Å². The highest BCUT2D eigenvalue weighted by Gasteiger charge is 2.45. The molecule has 1 saturated heterocycles.